The van der Waals surface area contributed by atoms with Crippen molar-refractivity contribution in [3.8, 4) is 12.3 Å². The van der Waals surface area contributed by atoms with Crippen LogP contribution in [-0.2, 0) is 9.53 Å². The van der Waals surface area contributed by atoms with Gasteiger partial charge in [0.25, 0.3) is 0 Å². The van der Waals surface area contributed by atoms with Crippen LogP contribution in [0.1, 0.15) is 19.3 Å². The second kappa shape index (κ2) is 6.15. The Bertz CT molecular complexity index is 133. The number of rotatable bonds is 4. The van der Waals surface area contributed by atoms with E-state index >= 15 is 0 Å². The van der Waals surface area contributed by atoms with E-state index in [0.717, 1.165) is 0 Å². The molecule has 0 N–H and O–H groups in total. The molecule has 0 aliphatic rings. The number of carbonyl (C=O) groups excluding carboxylic acids is 1. The quantitative estimate of drug-likeness (QED) is 0.332. The first-order valence-corrected chi connectivity index (χ1v) is 3.19. The van der Waals surface area contributed by atoms with Crippen molar-refractivity contribution in [2.24, 2.45) is 0 Å². The molecule has 10 heavy (non-hydrogen) atoms. The van der Waals surface area contributed by atoms with E-state index in [1.165, 1.54) is 0 Å². The highest BCUT2D eigenvalue weighted by Gasteiger charge is 1.97. The molecule has 0 saturated carbocycles. The maximum absolute atomic E-state index is 10.6. The van der Waals surface area contributed by atoms with Crippen molar-refractivity contribution < 1.29 is 9.53 Å². The lowest BCUT2D eigenvalue weighted by atomic mass is 10.3. The standard InChI is InChI=1S/C8H11O2/c1-3-5-7-10-8(9)6-4-2/h1H,2,4-7H2. The Morgan fingerprint density at radius 1 is 1.70 bits per heavy atom. The van der Waals surface area contributed by atoms with Gasteiger partial charge in [0.05, 0.1) is 0 Å². The highest BCUT2D eigenvalue weighted by atomic mass is 16.5. The summed E-state index contributed by atoms with van der Waals surface area (Å²) in [6, 6.07) is 0. The molecule has 0 spiro atoms. The topological polar surface area (TPSA) is 26.3 Å². The van der Waals surface area contributed by atoms with E-state index in [0.29, 0.717) is 25.9 Å². The molecular formula is C8H11O2. The highest BCUT2D eigenvalue weighted by molar-refractivity contribution is 5.69. The first-order valence-electron chi connectivity index (χ1n) is 3.19. The van der Waals surface area contributed by atoms with Crippen LogP contribution in [0.25, 0.3) is 0 Å². The molecule has 0 unspecified atom stereocenters. The lowest BCUT2D eigenvalue weighted by Gasteiger charge is -1.98. The summed E-state index contributed by atoms with van der Waals surface area (Å²) in [7, 11) is 0. The first-order chi connectivity index (χ1) is 4.81. The van der Waals surface area contributed by atoms with Crippen LogP contribution in [0.2, 0.25) is 0 Å². The van der Waals surface area contributed by atoms with Crippen molar-refractivity contribution in [3.05, 3.63) is 6.92 Å². The zero-order valence-corrected chi connectivity index (χ0v) is 5.93. The van der Waals surface area contributed by atoms with Gasteiger partial charge >= 0.3 is 5.97 Å². The van der Waals surface area contributed by atoms with Gasteiger partial charge in [0.2, 0.25) is 0 Å². The van der Waals surface area contributed by atoms with E-state index in [-0.39, 0.29) is 5.97 Å². The molecule has 0 amide bonds. The van der Waals surface area contributed by atoms with Crippen molar-refractivity contribution in [2.75, 3.05) is 6.61 Å². The third-order valence-electron chi connectivity index (χ3n) is 0.890. The van der Waals surface area contributed by atoms with Crippen LogP contribution >= 0.6 is 0 Å². The number of hydrogen-bond acceptors (Lipinski definition) is 2. The van der Waals surface area contributed by atoms with Gasteiger partial charge in [-0.2, -0.15) is 0 Å². The predicted octanol–water partition coefficient (Wildman–Crippen LogP) is 1.17. The van der Waals surface area contributed by atoms with Gasteiger partial charge in [-0.05, 0) is 6.42 Å². The molecule has 1 radical (unpaired) electrons. The van der Waals surface area contributed by atoms with Gasteiger partial charge in [-0.1, -0.05) is 6.92 Å². The number of ether oxygens (including phenoxy) is 1. The summed E-state index contributed by atoms with van der Waals surface area (Å²) >= 11 is 0. The molecule has 2 heteroatoms. The molecule has 0 aromatic heterocycles. The lowest BCUT2D eigenvalue weighted by molar-refractivity contribution is -0.143. The van der Waals surface area contributed by atoms with Crippen LogP contribution in [0.15, 0.2) is 0 Å². The summed E-state index contributed by atoms with van der Waals surface area (Å²) in [5.74, 6) is 2.15. The van der Waals surface area contributed by atoms with Crippen molar-refractivity contribution in [1.29, 1.82) is 0 Å². The molecule has 0 atom stereocenters. The minimum atomic E-state index is -0.217. The van der Waals surface area contributed by atoms with E-state index in [1.807, 2.05) is 0 Å². The number of carbonyl (C=O) groups is 1. The summed E-state index contributed by atoms with van der Waals surface area (Å²) in [6.07, 6.45) is 6.38. The summed E-state index contributed by atoms with van der Waals surface area (Å²) in [4.78, 5) is 10.6. The average Bonchev–Trinajstić information content (AvgIpc) is 1.89. The van der Waals surface area contributed by atoms with Crippen molar-refractivity contribution >= 4 is 5.97 Å². The fourth-order valence-electron chi connectivity index (χ4n) is 0.440. The molecule has 0 aromatic carbocycles. The number of hydrogen-bond donors (Lipinski definition) is 0. The number of terminal acetylenes is 1. The Hall–Kier alpha value is -0.970. The molecule has 0 rings (SSSR count). The monoisotopic (exact) mass is 139 g/mol. The van der Waals surface area contributed by atoms with Gasteiger partial charge in [0.15, 0.2) is 0 Å². The minimum Gasteiger partial charge on any atom is -0.465 e. The molecule has 0 aliphatic heterocycles. The normalized spacial score (nSPS) is 8.40. The van der Waals surface area contributed by atoms with Crippen LogP contribution in [0, 0.1) is 19.3 Å². The second-order valence-electron chi connectivity index (χ2n) is 1.78. The van der Waals surface area contributed by atoms with Gasteiger partial charge < -0.3 is 4.74 Å². The van der Waals surface area contributed by atoms with E-state index < -0.39 is 0 Å². The van der Waals surface area contributed by atoms with Crippen molar-refractivity contribution in [2.45, 2.75) is 19.3 Å². The Morgan fingerprint density at radius 3 is 2.90 bits per heavy atom. The zero-order chi connectivity index (χ0) is 7.82. The van der Waals surface area contributed by atoms with Gasteiger partial charge in [-0.15, -0.1) is 12.3 Å². The van der Waals surface area contributed by atoms with Crippen LogP contribution < -0.4 is 0 Å². The Kier molecular flexibility index (Phi) is 5.56. The molecule has 0 aromatic rings. The van der Waals surface area contributed by atoms with E-state index in [9.17, 15) is 4.79 Å². The Labute approximate surface area is 61.6 Å². The molecule has 0 heterocycles. The molecule has 0 fully saturated rings. The molecule has 0 saturated heterocycles. The summed E-state index contributed by atoms with van der Waals surface area (Å²) < 4.78 is 4.70. The SMILES string of the molecule is C#CCCOC(=O)CC[CH2]. The van der Waals surface area contributed by atoms with Gasteiger partial charge in [0, 0.05) is 12.8 Å². The summed E-state index contributed by atoms with van der Waals surface area (Å²) in [5, 5.41) is 0. The highest BCUT2D eigenvalue weighted by Crippen LogP contribution is 1.90. The second-order valence-corrected chi connectivity index (χ2v) is 1.78. The summed E-state index contributed by atoms with van der Waals surface area (Å²) in [5.41, 5.74) is 0. The summed E-state index contributed by atoms with van der Waals surface area (Å²) in [6.45, 7) is 3.84. The van der Waals surface area contributed by atoms with Crippen LogP contribution in [0.5, 0.6) is 0 Å². The molecule has 0 bridgehead atoms. The third kappa shape index (κ3) is 5.17. The predicted molar refractivity (Wildman–Crippen MR) is 39.0 cm³/mol. The average molecular weight is 139 g/mol. The maximum atomic E-state index is 10.6. The van der Waals surface area contributed by atoms with E-state index in [2.05, 4.69) is 12.8 Å². The van der Waals surface area contributed by atoms with Crippen LogP contribution in [-0.4, -0.2) is 12.6 Å². The molecular weight excluding hydrogens is 128 g/mol. The largest absolute Gasteiger partial charge is 0.465 e. The fraction of sp³-hybridized carbons (Fsp3) is 0.500. The van der Waals surface area contributed by atoms with Crippen molar-refractivity contribution in [3.63, 3.8) is 0 Å². The third-order valence-corrected chi connectivity index (χ3v) is 0.890. The maximum Gasteiger partial charge on any atom is 0.305 e. The molecule has 0 aliphatic carbocycles. The van der Waals surface area contributed by atoms with Crippen LogP contribution in [0.4, 0.5) is 0 Å². The first kappa shape index (κ1) is 9.03. The van der Waals surface area contributed by atoms with Crippen LogP contribution in [0.3, 0.4) is 0 Å². The van der Waals surface area contributed by atoms with Gasteiger partial charge in [-0.25, -0.2) is 0 Å². The zero-order valence-electron chi connectivity index (χ0n) is 5.93. The Balaban J connectivity index is 3.15. The Morgan fingerprint density at radius 2 is 2.40 bits per heavy atom. The van der Waals surface area contributed by atoms with Gasteiger partial charge in [0.1, 0.15) is 6.61 Å². The lowest BCUT2D eigenvalue weighted by Crippen LogP contribution is -2.04. The number of esters is 1. The fourth-order valence-corrected chi connectivity index (χ4v) is 0.440. The van der Waals surface area contributed by atoms with E-state index in [4.69, 9.17) is 11.2 Å². The smallest absolute Gasteiger partial charge is 0.305 e. The van der Waals surface area contributed by atoms with E-state index in [1.54, 1.807) is 0 Å². The minimum absolute atomic E-state index is 0.217. The van der Waals surface area contributed by atoms with Gasteiger partial charge in [-0.3, -0.25) is 4.79 Å². The van der Waals surface area contributed by atoms with Crippen molar-refractivity contribution in [1.82, 2.24) is 0 Å². The molecule has 2 nitrogen and oxygen atoms in total. The molecule has 55 valence electrons.